The molecule has 0 radical (unpaired) electrons. The molecule has 4 bridgehead atoms. The van der Waals surface area contributed by atoms with E-state index < -0.39 is 59.1 Å². The summed E-state index contributed by atoms with van der Waals surface area (Å²) in [4.78, 5) is 46.3. The van der Waals surface area contributed by atoms with Gasteiger partial charge in [0.15, 0.2) is 0 Å². The van der Waals surface area contributed by atoms with Crippen LogP contribution < -0.4 is 18.9 Å². The molecule has 2 aromatic carbocycles. The van der Waals surface area contributed by atoms with Crippen molar-refractivity contribution in [2.75, 3.05) is 52.9 Å². The van der Waals surface area contributed by atoms with Crippen LogP contribution in [0.15, 0.2) is 87.0 Å². The molecule has 4 N–H and O–H groups in total. The zero-order chi connectivity index (χ0) is 44.9. The van der Waals surface area contributed by atoms with Crippen molar-refractivity contribution in [1.29, 1.82) is 0 Å². The van der Waals surface area contributed by atoms with Crippen molar-refractivity contribution in [2.45, 2.75) is 73.8 Å². The first-order valence-electron chi connectivity index (χ1n) is 20.4. The molecule has 0 heterocycles. The average Bonchev–Trinajstić information content (AvgIpc) is 3.27. The van der Waals surface area contributed by atoms with E-state index in [-0.39, 0.29) is 52.9 Å². The number of hydrogen-bond donors (Lipinski definition) is 4. The fourth-order valence-electron chi connectivity index (χ4n) is 9.09. The highest BCUT2D eigenvalue weighted by atomic mass is 16.6. The van der Waals surface area contributed by atoms with E-state index in [1.807, 2.05) is 12.1 Å². The van der Waals surface area contributed by atoms with Crippen molar-refractivity contribution in [1.82, 2.24) is 0 Å². The summed E-state index contributed by atoms with van der Waals surface area (Å²) in [5.74, 6) is -0.494. The Hall–Kier alpha value is -5.68. The predicted molar refractivity (Wildman–Crippen MR) is 222 cm³/mol. The highest BCUT2D eigenvalue weighted by molar-refractivity contribution is 5.82. The van der Waals surface area contributed by atoms with Crippen LogP contribution in [0.2, 0.25) is 0 Å². The number of carbonyl (C=O) groups excluding carboxylic acids is 4. The molecule has 0 saturated heterocycles. The van der Waals surface area contributed by atoms with Crippen LogP contribution in [0, 0.1) is 11.8 Å². The molecule has 2 aromatic rings. The number of benzene rings is 2. The van der Waals surface area contributed by atoms with E-state index in [2.05, 4.69) is 26.3 Å². The second kappa shape index (κ2) is 21.9. The van der Waals surface area contributed by atoms with Gasteiger partial charge in [-0.2, -0.15) is 0 Å². The number of esters is 4. The number of ether oxygens (including phenoxy) is 8. The van der Waals surface area contributed by atoms with Crippen LogP contribution in [-0.2, 0) is 49.0 Å². The normalized spacial score (nSPS) is 22.7. The van der Waals surface area contributed by atoms with E-state index in [1.54, 1.807) is 24.3 Å². The fourth-order valence-corrected chi connectivity index (χ4v) is 9.09. The summed E-state index contributed by atoms with van der Waals surface area (Å²) >= 11 is 0. The van der Waals surface area contributed by atoms with Crippen molar-refractivity contribution in [3.05, 3.63) is 98.1 Å². The van der Waals surface area contributed by atoms with Gasteiger partial charge in [-0.05, 0) is 62.5 Å². The molecule has 16 nitrogen and oxygen atoms in total. The zero-order valence-corrected chi connectivity index (χ0v) is 34.7. The quantitative estimate of drug-likeness (QED) is 0.0605. The van der Waals surface area contributed by atoms with Crippen LogP contribution in [0.5, 0.6) is 23.0 Å². The van der Waals surface area contributed by atoms with E-state index in [1.165, 1.54) is 0 Å². The molecular weight excluding hydrogens is 808 g/mol. The molecule has 4 saturated carbocycles. The molecule has 4 fully saturated rings. The van der Waals surface area contributed by atoms with Gasteiger partial charge < -0.3 is 58.3 Å². The van der Waals surface area contributed by atoms with Crippen molar-refractivity contribution in [2.24, 2.45) is 11.8 Å². The lowest BCUT2D eigenvalue weighted by Crippen LogP contribution is -2.56. The molecule has 6 rings (SSSR count). The van der Waals surface area contributed by atoms with Crippen molar-refractivity contribution < 1.29 is 77.5 Å². The molecule has 0 aliphatic heterocycles. The minimum Gasteiger partial charge on any atom is -0.491 e. The van der Waals surface area contributed by atoms with Gasteiger partial charge in [-0.25, -0.2) is 19.2 Å². The first-order chi connectivity index (χ1) is 29.7. The molecule has 16 heteroatoms. The minimum absolute atomic E-state index is 0.197. The minimum atomic E-state index is -1.17. The Morgan fingerprint density at radius 1 is 0.516 bits per heavy atom. The summed E-state index contributed by atoms with van der Waals surface area (Å²) in [5.41, 5.74) is 0.974. The third-order valence-electron chi connectivity index (χ3n) is 11.2. The van der Waals surface area contributed by atoms with Gasteiger partial charge in [0, 0.05) is 58.4 Å². The molecule has 4 atom stereocenters. The monoisotopic (exact) mass is 864 g/mol. The SMILES string of the molecule is C=CC(=O)OCC(O)COc1ccc(C23CC4CC(C2)CC(c2ccc(OCC(O)COC(=O)C=C)cc2OCC(O)COC(=O)C=C)(C4)C3)c(OCC(O)COC(=O)C=C)c1. The Bertz CT molecular complexity index is 1790. The summed E-state index contributed by atoms with van der Waals surface area (Å²) in [5, 5.41) is 42.3. The molecule has 4 aliphatic rings. The molecule has 4 aliphatic carbocycles. The molecular formula is C46H56O16. The van der Waals surface area contributed by atoms with E-state index in [9.17, 15) is 39.6 Å². The molecule has 62 heavy (non-hydrogen) atoms. The van der Waals surface area contributed by atoms with Gasteiger partial charge in [0.25, 0.3) is 0 Å². The standard InChI is InChI=1S/C46H56O16/c1-5-41(51)59-24-31(47)20-55-35-9-11-37(39(14-35)57-22-33(49)26-61-43(53)7-3)45-16-29-13-30(17-45)19-46(18-29,28-45)38-12-10-36(56-21-32(48)25-60-42(52)6-2)15-40(38)58-23-34(50)27-62-44(54)8-4/h5-12,14-15,29-34,47-50H,1-4,13,16-28H2. The van der Waals surface area contributed by atoms with E-state index in [4.69, 9.17) is 37.9 Å². The first kappa shape index (κ1) is 47.4. The number of hydrogen-bond acceptors (Lipinski definition) is 16. The van der Waals surface area contributed by atoms with Crippen LogP contribution >= 0.6 is 0 Å². The van der Waals surface area contributed by atoms with Crippen LogP contribution in [0.1, 0.15) is 49.7 Å². The summed E-state index contributed by atoms with van der Waals surface area (Å²) < 4.78 is 44.3. The van der Waals surface area contributed by atoms with Crippen molar-refractivity contribution in [3.8, 4) is 23.0 Å². The lowest BCUT2D eigenvalue weighted by atomic mass is 9.41. The van der Waals surface area contributed by atoms with Gasteiger partial charge in [-0.3, -0.25) is 0 Å². The molecule has 0 spiro atoms. The van der Waals surface area contributed by atoms with Gasteiger partial charge in [-0.1, -0.05) is 38.4 Å². The number of rotatable bonds is 26. The number of aliphatic hydroxyl groups excluding tert-OH is 4. The summed E-state index contributed by atoms with van der Waals surface area (Å²) in [6, 6.07) is 10.8. The van der Waals surface area contributed by atoms with Crippen molar-refractivity contribution >= 4 is 23.9 Å². The number of carbonyl (C=O) groups is 4. The van der Waals surface area contributed by atoms with E-state index in [0.29, 0.717) is 41.3 Å². The molecule has 0 amide bonds. The highest BCUT2D eigenvalue weighted by Crippen LogP contribution is 2.68. The maximum Gasteiger partial charge on any atom is 0.330 e. The van der Waals surface area contributed by atoms with Crippen molar-refractivity contribution in [3.63, 3.8) is 0 Å². The second-order valence-corrected chi connectivity index (χ2v) is 16.0. The van der Waals surface area contributed by atoms with Crippen LogP contribution in [0.3, 0.4) is 0 Å². The van der Waals surface area contributed by atoms with Crippen LogP contribution in [0.4, 0.5) is 0 Å². The fraction of sp³-hybridized carbons (Fsp3) is 0.478. The average molecular weight is 865 g/mol. The Morgan fingerprint density at radius 3 is 1.13 bits per heavy atom. The molecule has 4 unspecified atom stereocenters. The Kier molecular flexibility index (Phi) is 16.7. The van der Waals surface area contributed by atoms with Gasteiger partial charge in [0.05, 0.1) is 0 Å². The highest BCUT2D eigenvalue weighted by Gasteiger charge is 2.60. The smallest absolute Gasteiger partial charge is 0.330 e. The summed E-state index contributed by atoms with van der Waals surface area (Å²) in [6.45, 7) is 11.4. The maximum absolute atomic E-state index is 11.7. The Morgan fingerprint density at radius 2 is 0.823 bits per heavy atom. The van der Waals surface area contributed by atoms with E-state index in [0.717, 1.165) is 67.5 Å². The second-order valence-electron chi connectivity index (χ2n) is 16.0. The molecule has 336 valence electrons. The topological polar surface area (TPSA) is 223 Å². The zero-order valence-electron chi connectivity index (χ0n) is 34.7. The Labute approximate surface area is 360 Å². The number of aliphatic hydroxyl groups is 4. The first-order valence-corrected chi connectivity index (χ1v) is 20.4. The lowest BCUT2D eigenvalue weighted by molar-refractivity contribution is -0.142. The van der Waals surface area contributed by atoms with Gasteiger partial charge in [0.1, 0.15) is 100 Å². The van der Waals surface area contributed by atoms with Gasteiger partial charge in [-0.15, -0.1) is 0 Å². The summed E-state index contributed by atoms with van der Waals surface area (Å²) in [6.07, 6.45) is 4.53. The van der Waals surface area contributed by atoms with Gasteiger partial charge in [0.2, 0.25) is 0 Å². The third-order valence-corrected chi connectivity index (χ3v) is 11.2. The Balaban J connectivity index is 1.45. The van der Waals surface area contributed by atoms with Crippen LogP contribution in [0.25, 0.3) is 0 Å². The third kappa shape index (κ3) is 12.7. The van der Waals surface area contributed by atoms with Crippen LogP contribution in [-0.4, -0.2) is 122 Å². The summed E-state index contributed by atoms with van der Waals surface area (Å²) in [7, 11) is 0. The van der Waals surface area contributed by atoms with E-state index >= 15 is 0 Å². The largest absolute Gasteiger partial charge is 0.491 e. The lowest BCUT2D eigenvalue weighted by Gasteiger charge is -2.63. The maximum atomic E-state index is 11.7. The predicted octanol–water partition coefficient (Wildman–Crippen LogP) is 3.35. The molecule has 0 aromatic heterocycles. The van der Waals surface area contributed by atoms with Gasteiger partial charge >= 0.3 is 23.9 Å².